The first-order valence-corrected chi connectivity index (χ1v) is 10.7. The van der Waals surface area contributed by atoms with Crippen molar-refractivity contribution in [2.24, 2.45) is 11.3 Å². The molecule has 1 unspecified atom stereocenters. The van der Waals surface area contributed by atoms with Crippen LogP contribution in [0.1, 0.15) is 66.2 Å². The van der Waals surface area contributed by atoms with Gasteiger partial charge >= 0.3 is 0 Å². The Kier molecular flexibility index (Phi) is 6.26. The van der Waals surface area contributed by atoms with Crippen LogP contribution in [0.2, 0.25) is 0 Å². The average molecular weight is 336 g/mol. The summed E-state index contributed by atoms with van der Waals surface area (Å²) in [5.41, 5.74) is 0.711. The smallest absolute Gasteiger partial charge is 0.0121 e. The van der Waals surface area contributed by atoms with Crippen molar-refractivity contribution in [3.05, 3.63) is 0 Å². The Balaban J connectivity index is 1.38. The Hall–Kier alpha value is -0.120. The minimum absolute atomic E-state index is 0.711. The minimum Gasteiger partial charge on any atom is -0.303 e. The van der Waals surface area contributed by atoms with Crippen molar-refractivity contribution in [1.82, 2.24) is 14.7 Å². The van der Waals surface area contributed by atoms with Gasteiger partial charge in [0.2, 0.25) is 0 Å². The first-order chi connectivity index (χ1) is 11.5. The topological polar surface area (TPSA) is 9.72 Å². The Labute approximate surface area is 150 Å². The van der Waals surface area contributed by atoms with Crippen molar-refractivity contribution in [3.8, 4) is 0 Å². The van der Waals surface area contributed by atoms with Gasteiger partial charge in [-0.2, -0.15) is 0 Å². The Morgan fingerprint density at radius 3 is 2.04 bits per heavy atom. The van der Waals surface area contributed by atoms with Gasteiger partial charge in [-0.15, -0.1) is 0 Å². The second-order valence-electron chi connectivity index (χ2n) is 9.43. The first kappa shape index (κ1) is 18.7. The van der Waals surface area contributed by atoms with E-state index in [0.29, 0.717) is 5.41 Å². The quantitative estimate of drug-likeness (QED) is 0.702. The molecule has 1 atom stereocenters. The number of rotatable bonds is 7. The van der Waals surface area contributed by atoms with Crippen LogP contribution >= 0.6 is 0 Å². The molecule has 1 aliphatic carbocycles. The van der Waals surface area contributed by atoms with Gasteiger partial charge in [-0.05, 0) is 69.9 Å². The van der Waals surface area contributed by atoms with Crippen LogP contribution in [0.5, 0.6) is 0 Å². The zero-order chi connectivity index (χ0) is 17.2. The summed E-state index contributed by atoms with van der Waals surface area (Å²) in [4.78, 5) is 8.28. The lowest BCUT2D eigenvalue weighted by atomic mass is 9.92. The molecular formula is C21H41N3. The molecule has 140 valence electrons. The number of hydrogen-bond acceptors (Lipinski definition) is 3. The fourth-order valence-corrected chi connectivity index (χ4v) is 5.19. The normalized spacial score (nSPS) is 28.4. The second-order valence-corrected chi connectivity index (χ2v) is 9.43. The summed E-state index contributed by atoms with van der Waals surface area (Å²) >= 11 is 0. The van der Waals surface area contributed by atoms with Crippen LogP contribution in [0.4, 0.5) is 0 Å². The van der Waals surface area contributed by atoms with E-state index in [0.717, 1.165) is 18.0 Å². The Morgan fingerprint density at radius 2 is 1.54 bits per heavy atom. The van der Waals surface area contributed by atoms with Gasteiger partial charge in [0.15, 0.2) is 0 Å². The molecule has 24 heavy (non-hydrogen) atoms. The zero-order valence-corrected chi connectivity index (χ0v) is 16.8. The van der Waals surface area contributed by atoms with E-state index in [-0.39, 0.29) is 0 Å². The van der Waals surface area contributed by atoms with Gasteiger partial charge in [-0.25, -0.2) is 0 Å². The van der Waals surface area contributed by atoms with Crippen LogP contribution in [0.25, 0.3) is 0 Å². The highest BCUT2D eigenvalue weighted by molar-refractivity contribution is 4.97. The van der Waals surface area contributed by atoms with Crippen molar-refractivity contribution >= 4 is 0 Å². The van der Waals surface area contributed by atoms with E-state index in [1.54, 1.807) is 0 Å². The standard InChI is InChI=1S/C21H41N3/c1-5-19(4)23-12-14-24(15-13-23)20-6-10-22(11-7-20)17-21(8-9-21)16-18(2)3/h18-20H,5-17H2,1-4H3. The fraction of sp³-hybridized carbons (Fsp3) is 1.00. The van der Waals surface area contributed by atoms with Gasteiger partial charge in [0, 0.05) is 44.8 Å². The molecule has 0 bridgehead atoms. The molecule has 0 N–H and O–H groups in total. The molecular weight excluding hydrogens is 294 g/mol. The highest BCUT2D eigenvalue weighted by Crippen LogP contribution is 2.51. The average Bonchev–Trinajstić information content (AvgIpc) is 3.33. The zero-order valence-electron chi connectivity index (χ0n) is 16.8. The third kappa shape index (κ3) is 4.74. The lowest BCUT2D eigenvalue weighted by Gasteiger charge is -2.44. The van der Waals surface area contributed by atoms with Crippen molar-refractivity contribution in [2.75, 3.05) is 45.8 Å². The van der Waals surface area contributed by atoms with Gasteiger partial charge in [0.25, 0.3) is 0 Å². The summed E-state index contributed by atoms with van der Waals surface area (Å²) in [5, 5.41) is 0. The molecule has 3 nitrogen and oxygen atoms in total. The molecule has 0 aromatic rings. The number of likely N-dealkylation sites (tertiary alicyclic amines) is 1. The molecule has 3 heteroatoms. The Morgan fingerprint density at radius 1 is 0.917 bits per heavy atom. The molecule has 1 saturated carbocycles. The summed E-state index contributed by atoms with van der Waals surface area (Å²) in [7, 11) is 0. The number of piperazine rings is 1. The second kappa shape index (κ2) is 8.05. The van der Waals surface area contributed by atoms with E-state index >= 15 is 0 Å². The van der Waals surface area contributed by atoms with Crippen LogP contribution in [-0.2, 0) is 0 Å². The van der Waals surface area contributed by atoms with E-state index in [1.807, 2.05) is 0 Å². The molecule has 2 aliphatic heterocycles. The van der Waals surface area contributed by atoms with E-state index in [1.165, 1.54) is 84.3 Å². The maximum absolute atomic E-state index is 2.80. The summed E-state index contributed by atoms with van der Waals surface area (Å²) in [6.07, 6.45) is 8.52. The van der Waals surface area contributed by atoms with Crippen LogP contribution in [0, 0.1) is 11.3 Å². The van der Waals surface area contributed by atoms with Crippen LogP contribution < -0.4 is 0 Å². The predicted molar refractivity (Wildman–Crippen MR) is 103 cm³/mol. The van der Waals surface area contributed by atoms with E-state index in [2.05, 4.69) is 42.4 Å². The summed E-state index contributed by atoms with van der Waals surface area (Å²) in [5.74, 6) is 0.867. The molecule has 2 heterocycles. The highest BCUT2D eigenvalue weighted by Gasteiger charge is 2.44. The van der Waals surface area contributed by atoms with Gasteiger partial charge in [0.1, 0.15) is 0 Å². The molecule has 0 amide bonds. The molecule has 3 fully saturated rings. The van der Waals surface area contributed by atoms with Crippen LogP contribution in [0.3, 0.4) is 0 Å². The molecule has 2 saturated heterocycles. The van der Waals surface area contributed by atoms with Gasteiger partial charge < -0.3 is 4.90 Å². The molecule has 0 spiro atoms. The first-order valence-electron chi connectivity index (χ1n) is 10.7. The summed E-state index contributed by atoms with van der Waals surface area (Å²) < 4.78 is 0. The molecule has 0 aromatic heterocycles. The van der Waals surface area contributed by atoms with Crippen LogP contribution in [-0.4, -0.2) is 72.6 Å². The van der Waals surface area contributed by atoms with Crippen molar-refractivity contribution < 1.29 is 0 Å². The maximum atomic E-state index is 2.80. The van der Waals surface area contributed by atoms with Crippen molar-refractivity contribution in [2.45, 2.75) is 78.3 Å². The van der Waals surface area contributed by atoms with Gasteiger partial charge in [-0.3, -0.25) is 9.80 Å². The van der Waals surface area contributed by atoms with Gasteiger partial charge in [-0.1, -0.05) is 20.8 Å². The lowest BCUT2D eigenvalue weighted by molar-refractivity contribution is 0.0404. The molecule has 0 radical (unpaired) electrons. The minimum atomic E-state index is 0.711. The van der Waals surface area contributed by atoms with E-state index in [4.69, 9.17) is 0 Å². The molecule has 3 rings (SSSR count). The maximum Gasteiger partial charge on any atom is 0.0121 e. The SMILES string of the molecule is CCC(C)N1CCN(C2CCN(CC3(CC(C)C)CC3)CC2)CC1. The number of piperidine rings is 1. The predicted octanol–water partition coefficient (Wildman–Crippen LogP) is 3.69. The lowest BCUT2D eigenvalue weighted by Crippen LogP contribution is -2.55. The molecule has 3 aliphatic rings. The fourth-order valence-electron chi connectivity index (χ4n) is 5.19. The highest BCUT2D eigenvalue weighted by atomic mass is 15.3. The van der Waals surface area contributed by atoms with E-state index < -0.39 is 0 Å². The third-order valence-electron chi connectivity index (χ3n) is 6.99. The summed E-state index contributed by atoms with van der Waals surface area (Å²) in [6, 6.07) is 1.63. The monoisotopic (exact) mass is 335 g/mol. The number of hydrogen-bond donors (Lipinski definition) is 0. The van der Waals surface area contributed by atoms with Crippen molar-refractivity contribution in [3.63, 3.8) is 0 Å². The van der Waals surface area contributed by atoms with Crippen molar-refractivity contribution in [1.29, 1.82) is 0 Å². The molecule has 0 aromatic carbocycles. The number of nitrogens with zero attached hydrogens (tertiary/aromatic N) is 3. The van der Waals surface area contributed by atoms with E-state index in [9.17, 15) is 0 Å². The van der Waals surface area contributed by atoms with Crippen LogP contribution in [0.15, 0.2) is 0 Å². The van der Waals surface area contributed by atoms with Gasteiger partial charge in [0.05, 0.1) is 0 Å². The third-order valence-corrected chi connectivity index (χ3v) is 6.99. The Bertz CT molecular complexity index is 375. The largest absolute Gasteiger partial charge is 0.303 e. The summed E-state index contributed by atoms with van der Waals surface area (Å²) in [6.45, 7) is 18.7.